The zero-order chi connectivity index (χ0) is 12.9. The summed E-state index contributed by atoms with van der Waals surface area (Å²) in [6.07, 6.45) is 8.75. The van der Waals surface area contributed by atoms with E-state index >= 15 is 0 Å². The molecule has 0 saturated carbocycles. The average molecular weight is 278 g/mol. The maximum Gasteiger partial charge on any atom is 0.225 e. The van der Waals surface area contributed by atoms with Crippen LogP contribution in [-0.2, 0) is 0 Å². The van der Waals surface area contributed by atoms with Crippen LogP contribution in [-0.4, -0.2) is 46.6 Å². The lowest BCUT2D eigenvalue weighted by molar-refractivity contribution is 0.352. The third kappa shape index (κ3) is 3.60. The third-order valence-electron chi connectivity index (χ3n) is 4.02. The molecule has 0 atom stereocenters. The van der Waals surface area contributed by atoms with Crippen LogP contribution >= 0.6 is 11.8 Å². The summed E-state index contributed by atoms with van der Waals surface area (Å²) in [4.78, 5) is 11.0. The van der Waals surface area contributed by atoms with Gasteiger partial charge >= 0.3 is 0 Å². The van der Waals surface area contributed by atoms with E-state index in [9.17, 15) is 0 Å². The van der Waals surface area contributed by atoms with Crippen molar-refractivity contribution in [3.05, 3.63) is 18.5 Å². The first-order chi connectivity index (χ1) is 9.42. The van der Waals surface area contributed by atoms with Crippen LogP contribution in [0.15, 0.2) is 18.5 Å². The van der Waals surface area contributed by atoms with Crippen molar-refractivity contribution in [1.82, 2.24) is 15.3 Å². The number of nitrogens with zero attached hydrogens (tertiary/aromatic N) is 3. The summed E-state index contributed by atoms with van der Waals surface area (Å²) in [6, 6.07) is 3.32. The van der Waals surface area contributed by atoms with Crippen LogP contribution in [0.4, 0.5) is 5.95 Å². The first-order valence-corrected chi connectivity index (χ1v) is 8.43. The van der Waals surface area contributed by atoms with Crippen molar-refractivity contribution in [1.29, 1.82) is 0 Å². The molecule has 0 spiro atoms. The zero-order valence-electron chi connectivity index (χ0n) is 11.3. The van der Waals surface area contributed by atoms with Crippen molar-refractivity contribution in [2.24, 2.45) is 0 Å². The average Bonchev–Trinajstić information content (AvgIpc) is 2.50. The van der Waals surface area contributed by atoms with E-state index in [-0.39, 0.29) is 0 Å². The molecular formula is C14H22N4S. The second-order valence-electron chi connectivity index (χ2n) is 5.36. The summed E-state index contributed by atoms with van der Waals surface area (Å²) in [5, 5.41) is 3.85. The smallest absolute Gasteiger partial charge is 0.225 e. The van der Waals surface area contributed by atoms with E-state index in [4.69, 9.17) is 0 Å². The van der Waals surface area contributed by atoms with Crippen LogP contribution in [0, 0.1) is 0 Å². The maximum atomic E-state index is 4.33. The fourth-order valence-electron chi connectivity index (χ4n) is 2.90. The molecule has 0 radical (unpaired) electrons. The number of hydrogen-bond acceptors (Lipinski definition) is 5. The SMILES string of the molecule is c1cnc(N2CCC(NC3CCSCC3)CC2)nc1. The van der Waals surface area contributed by atoms with Crippen LogP contribution in [0.1, 0.15) is 25.7 Å². The van der Waals surface area contributed by atoms with Gasteiger partial charge in [0.1, 0.15) is 0 Å². The Morgan fingerprint density at radius 3 is 2.32 bits per heavy atom. The van der Waals surface area contributed by atoms with Gasteiger partial charge in [0.25, 0.3) is 0 Å². The van der Waals surface area contributed by atoms with Crippen LogP contribution in [0.2, 0.25) is 0 Å². The topological polar surface area (TPSA) is 41.1 Å². The van der Waals surface area contributed by atoms with Gasteiger partial charge in [0, 0.05) is 37.6 Å². The molecule has 2 saturated heterocycles. The minimum absolute atomic E-state index is 0.688. The lowest BCUT2D eigenvalue weighted by Crippen LogP contribution is -2.47. The van der Waals surface area contributed by atoms with Gasteiger partial charge in [0.15, 0.2) is 0 Å². The third-order valence-corrected chi connectivity index (χ3v) is 5.07. The summed E-state index contributed by atoms with van der Waals surface area (Å²) in [7, 11) is 0. The maximum absolute atomic E-state index is 4.33. The van der Waals surface area contributed by atoms with E-state index in [1.807, 2.05) is 18.5 Å². The second-order valence-corrected chi connectivity index (χ2v) is 6.59. The summed E-state index contributed by atoms with van der Waals surface area (Å²) in [6.45, 7) is 2.15. The van der Waals surface area contributed by atoms with Crippen molar-refractivity contribution >= 4 is 17.7 Å². The molecule has 1 N–H and O–H groups in total. The van der Waals surface area contributed by atoms with Crippen molar-refractivity contribution in [3.8, 4) is 0 Å². The quantitative estimate of drug-likeness (QED) is 0.915. The molecule has 2 aliphatic heterocycles. The van der Waals surface area contributed by atoms with Gasteiger partial charge in [0.2, 0.25) is 5.95 Å². The molecule has 19 heavy (non-hydrogen) atoms. The molecule has 0 amide bonds. The Morgan fingerprint density at radius 1 is 1.00 bits per heavy atom. The molecule has 1 aromatic rings. The molecule has 2 fully saturated rings. The molecule has 0 bridgehead atoms. The van der Waals surface area contributed by atoms with E-state index in [0.717, 1.165) is 25.1 Å². The summed E-state index contributed by atoms with van der Waals surface area (Å²) in [5.41, 5.74) is 0. The predicted molar refractivity (Wildman–Crippen MR) is 80.7 cm³/mol. The van der Waals surface area contributed by atoms with E-state index < -0.39 is 0 Å². The fraction of sp³-hybridized carbons (Fsp3) is 0.714. The minimum Gasteiger partial charge on any atom is -0.341 e. The van der Waals surface area contributed by atoms with E-state index in [2.05, 4.69) is 31.9 Å². The zero-order valence-corrected chi connectivity index (χ0v) is 12.1. The summed E-state index contributed by atoms with van der Waals surface area (Å²) in [5.74, 6) is 3.54. The Kier molecular flexibility index (Phi) is 4.56. The largest absolute Gasteiger partial charge is 0.341 e. The fourth-order valence-corrected chi connectivity index (χ4v) is 4.00. The highest BCUT2D eigenvalue weighted by Gasteiger charge is 2.23. The number of nitrogens with one attached hydrogen (secondary N) is 1. The summed E-state index contributed by atoms with van der Waals surface area (Å²) >= 11 is 2.09. The highest BCUT2D eigenvalue weighted by molar-refractivity contribution is 7.99. The number of rotatable bonds is 3. The number of hydrogen-bond donors (Lipinski definition) is 1. The lowest BCUT2D eigenvalue weighted by atomic mass is 10.0. The number of anilines is 1. The molecule has 1 aromatic heterocycles. The normalized spacial score (nSPS) is 22.6. The van der Waals surface area contributed by atoms with E-state index in [1.165, 1.54) is 37.2 Å². The van der Waals surface area contributed by atoms with Gasteiger partial charge in [-0.2, -0.15) is 11.8 Å². The van der Waals surface area contributed by atoms with E-state index in [0.29, 0.717) is 6.04 Å². The molecule has 0 aliphatic carbocycles. The Hall–Kier alpha value is -0.810. The first kappa shape index (κ1) is 13.2. The number of piperidine rings is 1. The number of aromatic nitrogens is 2. The highest BCUT2D eigenvalue weighted by Crippen LogP contribution is 2.20. The number of thioether (sulfide) groups is 1. The van der Waals surface area contributed by atoms with Gasteiger partial charge < -0.3 is 10.2 Å². The Labute approximate surface area is 119 Å². The Bertz CT molecular complexity index is 372. The monoisotopic (exact) mass is 278 g/mol. The van der Waals surface area contributed by atoms with Crippen LogP contribution in [0.25, 0.3) is 0 Å². The standard InChI is InChI=1S/C14H22N4S/c1-6-15-14(16-7-1)18-8-2-12(3-9-18)17-13-4-10-19-11-5-13/h1,6-7,12-13,17H,2-5,8-11H2. The van der Waals surface area contributed by atoms with Gasteiger partial charge in [0.05, 0.1) is 0 Å². The minimum atomic E-state index is 0.688. The lowest BCUT2D eigenvalue weighted by Gasteiger charge is -2.35. The molecule has 2 aliphatic rings. The molecule has 3 rings (SSSR count). The molecule has 0 unspecified atom stereocenters. The van der Waals surface area contributed by atoms with Crippen LogP contribution in [0.5, 0.6) is 0 Å². The van der Waals surface area contributed by atoms with Crippen molar-refractivity contribution < 1.29 is 0 Å². The van der Waals surface area contributed by atoms with Gasteiger partial charge in [-0.15, -0.1) is 0 Å². The molecule has 5 heteroatoms. The molecule has 3 heterocycles. The Morgan fingerprint density at radius 2 is 1.63 bits per heavy atom. The van der Waals surface area contributed by atoms with Crippen molar-refractivity contribution in [3.63, 3.8) is 0 Å². The van der Waals surface area contributed by atoms with Crippen molar-refractivity contribution in [2.75, 3.05) is 29.5 Å². The van der Waals surface area contributed by atoms with Crippen LogP contribution < -0.4 is 10.2 Å². The molecular weight excluding hydrogens is 256 g/mol. The van der Waals surface area contributed by atoms with Gasteiger partial charge in [-0.25, -0.2) is 9.97 Å². The van der Waals surface area contributed by atoms with Gasteiger partial charge in [-0.1, -0.05) is 0 Å². The molecule has 0 aromatic carbocycles. The van der Waals surface area contributed by atoms with Gasteiger partial charge in [-0.05, 0) is 43.3 Å². The molecule has 104 valence electrons. The van der Waals surface area contributed by atoms with Gasteiger partial charge in [-0.3, -0.25) is 0 Å². The molecule has 4 nitrogen and oxygen atoms in total. The second kappa shape index (κ2) is 6.57. The predicted octanol–water partition coefficient (Wildman–Crippen LogP) is 1.93. The first-order valence-electron chi connectivity index (χ1n) is 7.27. The van der Waals surface area contributed by atoms with Crippen molar-refractivity contribution in [2.45, 2.75) is 37.8 Å². The van der Waals surface area contributed by atoms with Crippen LogP contribution in [0.3, 0.4) is 0 Å². The van der Waals surface area contributed by atoms with E-state index in [1.54, 1.807) is 0 Å². The summed E-state index contributed by atoms with van der Waals surface area (Å²) < 4.78 is 0. The highest BCUT2D eigenvalue weighted by atomic mass is 32.2. The Balaban J connectivity index is 1.46.